The predicted octanol–water partition coefficient (Wildman–Crippen LogP) is 4.51. The van der Waals surface area contributed by atoms with Crippen LogP contribution in [-0.2, 0) is 6.61 Å². The largest absolute Gasteiger partial charge is 0.490 e. The van der Waals surface area contributed by atoms with Gasteiger partial charge in [0, 0.05) is 5.56 Å². The van der Waals surface area contributed by atoms with Crippen LogP contribution < -0.4 is 19.6 Å². The summed E-state index contributed by atoms with van der Waals surface area (Å²) in [6.07, 6.45) is 3.53. The summed E-state index contributed by atoms with van der Waals surface area (Å²) in [5, 5.41) is 4.41. The average Bonchev–Trinajstić information content (AvgIpc) is 3.42. The van der Waals surface area contributed by atoms with Crippen LogP contribution in [-0.4, -0.2) is 21.2 Å². The SMILES string of the molecule is C=CCOc1ccc(-c2nc3s/c(=C\c4ccc(OCc5ccccc5)cc4)c(=O)n3n2)cc1. The van der Waals surface area contributed by atoms with Gasteiger partial charge in [0.15, 0.2) is 5.82 Å². The number of thiazole rings is 1. The van der Waals surface area contributed by atoms with E-state index in [4.69, 9.17) is 9.47 Å². The molecule has 0 aliphatic heterocycles. The molecular formula is C27H21N3O3S. The van der Waals surface area contributed by atoms with Crippen molar-refractivity contribution in [3.63, 3.8) is 0 Å². The normalized spacial score (nSPS) is 11.6. The van der Waals surface area contributed by atoms with E-state index >= 15 is 0 Å². The summed E-state index contributed by atoms with van der Waals surface area (Å²) in [5.41, 5.74) is 2.65. The molecule has 0 unspecified atom stereocenters. The number of benzene rings is 3. The van der Waals surface area contributed by atoms with Crippen LogP contribution in [0.25, 0.3) is 22.4 Å². The quantitative estimate of drug-likeness (QED) is 0.314. The fourth-order valence-electron chi connectivity index (χ4n) is 3.36. The first kappa shape index (κ1) is 21.6. The lowest BCUT2D eigenvalue weighted by Crippen LogP contribution is -2.23. The monoisotopic (exact) mass is 467 g/mol. The van der Waals surface area contributed by atoms with E-state index in [2.05, 4.69) is 16.7 Å². The van der Waals surface area contributed by atoms with Gasteiger partial charge in [-0.1, -0.05) is 66.5 Å². The molecule has 0 spiro atoms. The molecule has 0 saturated carbocycles. The maximum Gasteiger partial charge on any atom is 0.291 e. The van der Waals surface area contributed by atoms with Crippen molar-refractivity contribution in [3.05, 3.63) is 118 Å². The van der Waals surface area contributed by atoms with Gasteiger partial charge in [0.05, 0.1) is 4.53 Å². The molecule has 34 heavy (non-hydrogen) atoms. The molecule has 0 aliphatic carbocycles. The summed E-state index contributed by atoms with van der Waals surface area (Å²) in [6, 6.07) is 25.1. The number of hydrogen-bond donors (Lipinski definition) is 0. The molecule has 6 nitrogen and oxygen atoms in total. The van der Waals surface area contributed by atoms with Gasteiger partial charge in [0.1, 0.15) is 24.7 Å². The Labute approximate surface area is 200 Å². The number of aromatic nitrogens is 3. The second-order valence-electron chi connectivity index (χ2n) is 7.51. The van der Waals surface area contributed by atoms with Gasteiger partial charge in [-0.05, 0) is 53.6 Å². The number of fused-ring (bicyclic) bond motifs is 1. The Kier molecular flexibility index (Phi) is 6.18. The Morgan fingerprint density at radius 3 is 2.32 bits per heavy atom. The molecule has 0 aliphatic rings. The summed E-state index contributed by atoms with van der Waals surface area (Å²) in [6.45, 7) is 4.59. The van der Waals surface area contributed by atoms with Gasteiger partial charge < -0.3 is 9.47 Å². The predicted molar refractivity (Wildman–Crippen MR) is 134 cm³/mol. The van der Waals surface area contributed by atoms with E-state index in [1.165, 1.54) is 15.9 Å². The summed E-state index contributed by atoms with van der Waals surface area (Å²) in [4.78, 5) is 18.0. The number of nitrogens with zero attached hydrogens (tertiary/aromatic N) is 3. The minimum absolute atomic E-state index is 0.186. The van der Waals surface area contributed by atoms with Crippen LogP contribution >= 0.6 is 11.3 Å². The molecule has 0 amide bonds. The van der Waals surface area contributed by atoms with Crippen molar-refractivity contribution >= 4 is 22.4 Å². The topological polar surface area (TPSA) is 65.7 Å². The van der Waals surface area contributed by atoms with Gasteiger partial charge in [-0.15, -0.1) is 5.10 Å². The summed E-state index contributed by atoms with van der Waals surface area (Å²) in [5.74, 6) is 2.02. The van der Waals surface area contributed by atoms with E-state index in [1.54, 1.807) is 6.08 Å². The standard InChI is InChI=1S/C27H21N3O3S/c1-2-16-32-22-14-10-21(11-15-22)25-28-27-30(29-25)26(31)24(34-27)17-19-8-12-23(13-9-19)33-18-20-6-4-3-5-7-20/h2-15,17H,1,16,18H2/b24-17-. The van der Waals surface area contributed by atoms with Crippen molar-refractivity contribution in [1.82, 2.24) is 14.6 Å². The fourth-order valence-corrected chi connectivity index (χ4v) is 4.27. The Bertz CT molecular complexity index is 1520. The molecular weight excluding hydrogens is 446 g/mol. The van der Waals surface area contributed by atoms with Crippen molar-refractivity contribution in [2.45, 2.75) is 6.61 Å². The fraction of sp³-hybridized carbons (Fsp3) is 0.0741. The molecule has 0 radical (unpaired) electrons. The van der Waals surface area contributed by atoms with Crippen molar-refractivity contribution in [3.8, 4) is 22.9 Å². The molecule has 0 fully saturated rings. The molecule has 0 saturated heterocycles. The molecule has 0 N–H and O–H groups in total. The van der Waals surface area contributed by atoms with Crippen molar-refractivity contribution < 1.29 is 9.47 Å². The first-order valence-electron chi connectivity index (χ1n) is 10.7. The van der Waals surface area contributed by atoms with Gasteiger partial charge >= 0.3 is 0 Å². The van der Waals surface area contributed by atoms with Crippen molar-refractivity contribution in [2.75, 3.05) is 6.61 Å². The van der Waals surface area contributed by atoms with E-state index in [0.717, 1.165) is 28.2 Å². The highest BCUT2D eigenvalue weighted by atomic mass is 32.1. The first-order valence-corrected chi connectivity index (χ1v) is 11.5. The number of rotatable bonds is 8. The molecule has 5 rings (SSSR count). The number of hydrogen-bond acceptors (Lipinski definition) is 6. The van der Waals surface area contributed by atoms with Crippen LogP contribution in [0.5, 0.6) is 11.5 Å². The van der Waals surface area contributed by atoms with Crippen LogP contribution in [0.2, 0.25) is 0 Å². The zero-order valence-electron chi connectivity index (χ0n) is 18.3. The third kappa shape index (κ3) is 4.74. The molecule has 0 bridgehead atoms. The zero-order chi connectivity index (χ0) is 23.3. The molecule has 3 aromatic carbocycles. The second kappa shape index (κ2) is 9.72. The lowest BCUT2D eigenvalue weighted by atomic mass is 10.2. The summed E-state index contributed by atoms with van der Waals surface area (Å²) in [7, 11) is 0. The Balaban J connectivity index is 1.32. The van der Waals surface area contributed by atoms with Gasteiger partial charge in [0.25, 0.3) is 5.56 Å². The van der Waals surface area contributed by atoms with Gasteiger partial charge in [-0.25, -0.2) is 0 Å². The summed E-state index contributed by atoms with van der Waals surface area (Å²) < 4.78 is 13.3. The van der Waals surface area contributed by atoms with E-state index < -0.39 is 0 Å². The summed E-state index contributed by atoms with van der Waals surface area (Å²) >= 11 is 1.31. The lowest BCUT2D eigenvalue weighted by Gasteiger charge is -2.06. The maximum atomic E-state index is 12.9. The smallest absolute Gasteiger partial charge is 0.291 e. The molecule has 2 heterocycles. The average molecular weight is 468 g/mol. The van der Waals surface area contributed by atoms with E-state index in [1.807, 2.05) is 84.9 Å². The third-order valence-electron chi connectivity index (χ3n) is 5.09. The minimum Gasteiger partial charge on any atom is -0.490 e. The van der Waals surface area contributed by atoms with Crippen LogP contribution in [0.4, 0.5) is 0 Å². The van der Waals surface area contributed by atoms with E-state index in [-0.39, 0.29) is 5.56 Å². The zero-order valence-corrected chi connectivity index (χ0v) is 19.1. The molecule has 168 valence electrons. The van der Waals surface area contributed by atoms with Crippen LogP contribution in [0, 0.1) is 0 Å². The Morgan fingerprint density at radius 1 is 0.912 bits per heavy atom. The number of ether oxygens (including phenoxy) is 2. The van der Waals surface area contributed by atoms with Crippen molar-refractivity contribution in [2.24, 2.45) is 0 Å². The highest BCUT2D eigenvalue weighted by Gasteiger charge is 2.12. The van der Waals surface area contributed by atoms with Gasteiger partial charge in [-0.3, -0.25) is 4.79 Å². The highest BCUT2D eigenvalue weighted by molar-refractivity contribution is 7.15. The Hall–Kier alpha value is -4.23. The molecule has 5 aromatic rings. The maximum absolute atomic E-state index is 12.9. The molecule has 0 atom stereocenters. The van der Waals surface area contributed by atoms with Crippen LogP contribution in [0.3, 0.4) is 0 Å². The molecule has 7 heteroatoms. The van der Waals surface area contributed by atoms with E-state index in [0.29, 0.717) is 28.5 Å². The Morgan fingerprint density at radius 2 is 1.62 bits per heavy atom. The van der Waals surface area contributed by atoms with Crippen LogP contribution in [0.15, 0.2) is 96.3 Å². The lowest BCUT2D eigenvalue weighted by molar-refractivity contribution is 0.306. The second-order valence-corrected chi connectivity index (χ2v) is 8.52. The van der Waals surface area contributed by atoms with E-state index in [9.17, 15) is 4.79 Å². The first-order chi connectivity index (χ1) is 16.7. The van der Waals surface area contributed by atoms with Crippen LogP contribution in [0.1, 0.15) is 11.1 Å². The third-order valence-corrected chi connectivity index (χ3v) is 6.05. The molecule has 2 aromatic heterocycles. The van der Waals surface area contributed by atoms with Gasteiger partial charge in [-0.2, -0.15) is 9.50 Å². The minimum atomic E-state index is -0.186. The van der Waals surface area contributed by atoms with Gasteiger partial charge in [0.2, 0.25) is 4.96 Å². The van der Waals surface area contributed by atoms with Crippen molar-refractivity contribution in [1.29, 1.82) is 0 Å². The highest BCUT2D eigenvalue weighted by Crippen LogP contribution is 2.20.